The maximum atomic E-state index is 6.70. The Labute approximate surface area is 220 Å². The van der Waals surface area contributed by atoms with Crippen molar-refractivity contribution >= 4 is 12.6 Å². The molecule has 0 radical (unpaired) electrons. The van der Waals surface area contributed by atoms with E-state index in [0.717, 1.165) is 5.46 Å². The molecule has 0 saturated carbocycles. The summed E-state index contributed by atoms with van der Waals surface area (Å²) >= 11 is 0. The van der Waals surface area contributed by atoms with Gasteiger partial charge in [-0.05, 0) is 98.4 Å². The fourth-order valence-corrected chi connectivity index (χ4v) is 6.83. The van der Waals surface area contributed by atoms with Crippen LogP contribution in [0.2, 0.25) is 0 Å². The fourth-order valence-electron chi connectivity index (χ4n) is 6.83. The highest BCUT2D eigenvalue weighted by molar-refractivity contribution is 6.63. The largest absolute Gasteiger partial charge is 0.495 e. The summed E-state index contributed by atoms with van der Waals surface area (Å²) in [5, 5.41) is 0. The number of aryl methyl sites for hydroxylation is 3. The first-order chi connectivity index (χ1) is 17.5. The number of hydrogen-bond donors (Lipinski definition) is 0. The zero-order chi connectivity index (χ0) is 25.9. The molecule has 0 bridgehead atoms. The van der Waals surface area contributed by atoms with Crippen LogP contribution in [0.3, 0.4) is 0 Å². The highest BCUT2D eigenvalue weighted by Gasteiger charge is 2.57. The number of rotatable bonds is 1. The fraction of sp³-hybridized carbons (Fsp3) is 0.294. The van der Waals surface area contributed by atoms with Crippen molar-refractivity contribution in [1.29, 1.82) is 0 Å². The molecular weight excluding hydrogens is 451 g/mol. The van der Waals surface area contributed by atoms with Gasteiger partial charge in [-0.25, -0.2) is 0 Å². The van der Waals surface area contributed by atoms with Gasteiger partial charge in [0.05, 0.1) is 16.6 Å². The lowest BCUT2D eigenvalue weighted by molar-refractivity contribution is 0.00578. The van der Waals surface area contributed by atoms with Crippen LogP contribution < -0.4 is 5.46 Å². The first kappa shape index (κ1) is 23.0. The molecule has 0 atom stereocenters. The molecule has 0 unspecified atom stereocenters. The van der Waals surface area contributed by atoms with Crippen LogP contribution in [0.1, 0.15) is 66.6 Å². The predicted molar refractivity (Wildman–Crippen MR) is 153 cm³/mol. The molecule has 0 aromatic heterocycles. The van der Waals surface area contributed by atoms with E-state index in [0.29, 0.717) is 0 Å². The van der Waals surface area contributed by atoms with E-state index in [-0.39, 0.29) is 0 Å². The van der Waals surface area contributed by atoms with Crippen molar-refractivity contribution in [3.63, 3.8) is 0 Å². The van der Waals surface area contributed by atoms with Gasteiger partial charge in [0.2, 0.25) is 0 Å². The van der Waals surface area contributed by atoms with Gasteiger partial charge in [-0.15, -0.1) is 0 Å². The molecule has 4 aromatic carbocycles. The van der Waals surface area contributed by atoms with Crippen LogP contribution in [0.5, 0.6) is 0 Å². The van der Waals surface area contributed by atoms with E-state index in [2.05, 4.69) is 121 Å². The third-order valence-corrected chi connectivity index (χ3v) is 9.30. The van der Waals surface area contributed by atoms with Gasteiger partial charge in [0.25, 0.3) is 0 Å². The molecule has 3 heteroatoms. The molecule has 0 amide bonds. The lowest BCUT2D eigenvalue weighted by atomic mass is 9.63. The molecule has 3 aliphatic rings. The summed E-state index contributed by atoms with van der Waals surface area (Å²) in [6.07, 6.45) is 0. The molecule has 1 saturated heterocycles. The van der Waals surface area contributed by atoms with Crippen molar-refractivity contribution in [1.82, 2.24) is 0 Å². The van der Waals surface area contributed by atoms with Crippen LogP contribution in [0.4, 0.5) is 0 Å². The summed E-state index contributed by atoms with van der Waals surface area (Å²) in [5.74, 6) is 0. The Morgan fingerprint density at radius 3 is 1.43 bits per heavy atom. The average Bonchev–Trinajstić information content (AvgIpc) is 3.37. The predicted octanol–water partition coefficient (Wildman–Crippen LogP) is 7.25. The second kappa shape index (κ2) is 7.25. The lowest BCUT2D eigenvalue weighted by Crippen LogP contribution is -2.42. The zero-order valence-electron chi connectivity index (χ0n) is 22.8. The van der Waals surface area contributed by atoms with E-state index in [1.165, 1.54) is 61.2 Å². The van der Waals surface area contributed by atoms with Gasteiger partial charge in [0.15, 0.2) is 0 Å². The highest BCUT2D eigenvalue weighted by Crippen LogP contribution is 2.63. The minimum Gasteiger partial charge on any atom is -0.399 e. The van der Waals surface area contributed by atoms with Crippen LogP contribution in [0.15, 0.2) is 72.8 Å². The minimum atomic E-state index is -0.436. The molecule has 37 heavy (non-hydrogen) atoms. The quantitative estimate of drug-likeness (QED) is 0.229. The summed E-state index contributed by atoms with van der Waals surface area (Å²) in [5.41, 5.74) is 14.4. The van der Waals surface area contributed by atoms with Crippen LogP contribution in [0, 0.1) is 20.8 Å². The van der Waals surface area contributed by atoms with E-state index in [1.54, 1.807) is 0 Å². The minimum absolute atomic E-state index is 0.408. The Kier molecular flexibility index (Phi) is 4.51. The monoisotopic (exact) mass is 484 g/mol. The van der Waals surface area contributed by atoms with Crippen molar-refractivity contribution in [3.8, 4) is 22.3 Å². The topological polar surface area (TPSA) is 18.5 Å². The normalized spacial score (nSPS) is 19.1. The van der Waals surface area contributed by atoms with E-state index in [9.17, 15) is 0 Å². The molecule has 2 nitrogen and oxygen atoms in total. The van der Waals surface area contributed by atoms with E-state index < -0.39 is 23.7 Å². The molecule has 7 rings (SSSR count). The van der Waals surface area contributed by atoms with Crippen LogP contribution in [-0.4, -0.2) is 18.3 Å². The summed E-state index contributed by atoms with van der Waals surface area (Å²) in [7, 11) is -0.436. The molecule has 4 aromatic rings. The van der Waals surface area contributed by atoms with Crippen molar-refractivity contribution in [2.45, 2.75) is 65.1 Å². The maximum Gasteiger partial charge on any atom is 0.495 e. The second-order valence-corrected chi connectivity index (χ2v) is 12.3. The Hall–Kier alpha value is -3.14. The summed E-state index contributed by atoms with van der Waals surface area (Å²) in [4.78, 5) is 0. The Balaban J connectivity index is 1.64. The first-order valence-corrected chi connectivity index (χ1v) is 13.4. The highest BCUT2D eigenvalue weighted by atomic mass is 16.7. The van der Waals surface area contributed by atoms with Crippen LogP contribution in [-0.2, 0) is 14.7 Å². The standard InChI is InChI=1S/C34H33BO2/c1-20-11-14-23-24-15-12-21(2)18-28(24)34(27(23)17-20)29-19-22(3)13-16-25(29)26-9-8-10-30(31(26)34)35-36-32(4,5)33(6,7)37-35/h8-19H,1-7H3. The summed E-state index contributed by atoms with van der Waals surface area (Å²) < 4.78 is 13.4. The first-order valence-electron chi connectivity index (χ1n) is 13.4. The molecule has 1 aliphatic heterocycles. The van der Waals surface area contributed by atoms with Gasteiger partial charge in [-0.1, -0.05) is 89.5 Å². The van der Waals surface area contributed by atoms with Gasteiger partial charge >= 0.3 is 7.12 Å². The van der Waals surface area contributed by atoms with Crippen molar-refractivity contribution in [2.24, 2.45) is 0 Å². The molecule has 1 heterocycles. The maximum absolute atomic E-state index is 6.70. The zero-order valence-corrected chi connectivity index (χ0v) is 22.8. The Morgan fingerprint density at radius 2 is 0.973 bits per heavy atom. The SMILES string of the molecule is Cc1ccc2c(c1)C1(c3cc(C)ccc3-2)c2cc(C)ccc2-c2cccc(B3OC(C)(C)C(C)(C)O3)c21. The lowest BCUT2D eigenvalue weighted by Gasteiger charge is -2.33. The smallest absolute Gasteiger partial charge is 0.399 e. The van der Waals surface area contributed by atoms with E-state index in [4.69, 9.17) is 9.31 Å². The third kappa shape index (κ3) is 2.85. The molecular formula is C34H33BO2. The molecule has 1 spiro atoms. The van der Waals surface area contributed by atoms with Gasteiger partial charge < -0.3 is 9.31 Å². The molecule has 2 aliphatic carbocycles. The molecule has 0 N–H and O–H groups in total. The van der Waals surface area contributed by atoms with Gasteiger partial charge in [0, 0.05) is 0 Å². The Bertz CT molecular complexity index is 1540. The van der Waals surface area contributed by atoms with Crippen LogP contribution >= 0.6 is 0 Å². The van der Waals surface area contributed by atoms with Crippen molar-refractivity contribution in [3.05, 3.63) is 112 Å². The van der Waals surface area contributed by atoms with Gasteiger partial charge in [-0.3, -0.25) is 0 Å². The van der Waals surface area contributed by atoms with Gasteiger partial charge in [-0.2, -0.15) is 0 Å². The molecule has 184 valence electrons. The third-order valence-electron chi connectivity index (χ3n) is 9.30. The van der Waals surface area contributed by atoms with E-state index in [1.807, 2.05) is 0 Å². The Morgan fingerprint density at radius 1 is 0.541 bits per heavy atom. The van der Waals surface area contributed by atoms with Crippen molar-refractivity contribution < 1.29 is 9.31 Å². The van der Waals surface area contributed by atoms with Gasteiger partial charge in [0.1, 0.15) is 0 Å². The summed E-state index contributed by atoms with van der Waals surface area (Å²) in [6.45, 7) is 15.2. The molecule has 1 fully saturated rings. The number of benzene rings is 4. The average molecular weight is 484 g/mol. The van der Waals surface area contributed by atoms with Crippen molar-refractivity contribution in [2.75, 3.05) is 0 Å². The van der Waals surface area contributed by atoms with E-state index >= 15 is 0 Å². The number of fused-ring (bicyclic) bond motifs is 10. The summed E-state index contributed by atoms with van der Waals surface area (Å²) in [6, 6.07) is 27.6. The van der Waals surface area contributed by atoms with Crippen LogP contribution in [0.25, 0.3) is 22.3 Å². The second-order valence-electron chi connectivity index (χ2n) is 12.3. The number of hydrogen-bond acceptors (Lipinski definition) is 2.